The minimum absolute atomic E-state index is 0.398. The molecule has 1 aromatic rings. The molecule has 88 valence electrons. The molecule has 16 heavy (non-hydrogen) atoms. The summed E-state index contributed by atoms with van der Waals surface area (Å²) in [6.45, 7) is 3.74. The van der Waals surface area contributed by atoms with E-state index in [1.54, 1.807) is 12.1 Å². The van der Waals surface area contributed by atoms with Crippen LogP contribution >= 0.6 is 7.14 Å². The molecule has 0 aliphatic rings. The first-order valence-corrected chi connectivity index (χ1v) is 7.28. The normalized spacial score (nSPS) is 11.2. The van der Waals surface area contributed by atoms with Gasteiger partial charge in [-0.05, 0) is 12.1 Å². The number of rotatable bonds is 4. The number of nitrogens with zero attached hydrogens (tertiary/aromatic N) is 1. The predicted molar refractivity (Wildman–Crippen MR) is 63.9 cm³/mol. The molecule has 0 aromatic carbocycles. The number of carbonyl (C=O) groups is 1. The van der Waals surface area contributed by atoms with Gasteiger partial charge in [-0.15, -0.1) is 0 Å². The molecule has 0 amide bonds. The van der Waals surface area contributed by atoms with Crippen molar-refractivity contribution in [2.75, 3.05) is 19.4 Å². The van der Waals surface area contributed by atoms with Crippen LogP contribution in [0.5, 0.6) is 0 Å². The highest BCUT2D eigenvalue weighted by Gasteiger charge is 2.22. The van der Waals surface area contributed by atoms with Gasteiger partial charge in [0.2, 0.25) is 0 Å². The second-order valence-corrected chi connectivity index (χ2v) is 6.92. The van der Waals surface area contributed by atoms with Crippen molar-refractivity contribution in [3.8, 4) is 0 Å². The zero-order valence-electron chi connectivity index (χ0n) is 9.77. The van der Waals surface area contributed by atoms with Crippen LogP contribution in [0.4, 0.5) is 0 Å². The molecule has 0 spiro atoms. The first-order valence-electron chi connectivity index (χ1n) is 5.20. The quantitative estimate of drug-likeness (QED) is 0.596. The standard InChI is InChI=1S/C11H16NO3P/c1-4-16(14,5-2)10-8-9(6-7-12-10)11(13)15-3/h6-8H,4-5H2,1-3H3. The maximum absolute atomic E-state index is 12.4. The smallest absolute Gasteiger partial charge is 0.337 e. The Hall–Kier alpha value is -1.15. The lowest BCUT2D eigenvalue weighted by atomic mass is 10.3. The van der Waals surface area contributed by atoms with Crippen molar-refractivity contribution in [2.24, 2.45) is 0 Å². The Bertz CT molecular complexity index is 423. The van der Waals surface area contributed by atoms with Gasteiger partial charge in [0.25, 0.3) is 0 Å². The summed E-state index contributed by atoms with van der Waals surface area (Å²) in [4.78, 5) is 15.4. The third-order valence-electron chi connectivity index (χ3n) is 2.61. The van der Waals surface area contributed by atoms with Crippen molar-refractivity contribution in [3.63, 3.8) is 0 Å². The molecule has 0 bridgehead atoms. The maximum Gasteiger partial charge on any atom is 0.337 e. The lowest BCUT2D eigenvalue weighted by Gasteiger charge is -2.13. The molecule has 0 fully saturated rings. The summed E-state index contributed by atoms with van der Waals surface area (Å²) in [5.74, 6) is -0.428. The Morgan fingerprint density at radius 3 is 2.56 bits per heavy atom. The van der Waals surface area contributed by atoms with Crippen LogP contribution in [0.3, 0.4) is 0 Å². The van der Waals surface area contributed by atoms with E-state index in [-0.39, 0.29) is 0 Å². The van der Waals surface area contributed by atoms with E-state index >= 15 is 0 Å². The topological polar surface area (TPSA) is 56.3 Å². The maximum atomic E-state index is 12.4. The molecule has 0 N–H and O–H groups in total. The van der Waals surface area contributed by atoms with Crippen molar-refractivity contribution in [1.29, 1.82) is 0 Å². The SMILES string of the molecule is CCP(=O)(CC)c1cc(C(=O)OC)ccn1. The van der Waals surface area contributed by atoms with Gasteiger partial charge < -0.3 is 9.30 Å². The predicted octanol–water partition coefficient (Wildman–Crippen LogP) is 1.90. The van der Waals surface area contributed by atoms with Gasteiger partial charge in [-0.2, -0.15) is 0 Å². The van der Waals surface area contributed by atoms with E-state index in [1.807, 2.05) is 13.8 Å². The Balaban J connectivity index is 3.17. The van der Waals surface area contributed by atoms with E-state index in [0.717, 1.165) is 0 Å². The average molecular weight is 241 g/mol. The van der Waals surface area contributed by atoms with E-state index in [2.05, 4.69) is 9.72 Å². The van der Waals surface area contributed by atoms with Gasteiger partial charge in [-0.1, -0.05) is 13.8 Å². The van der Waals surface area contributed by atoms with E-state index in [9.17, 15) is 9.36 Å². The number of esters is 1. The van der Waals surface area contributed by atoms with E-state index in [4.69, 9.17) is 0 Å². The Morgan fingerprint density at radius 1 is 1.44 bits per heavy atom. The molecule has 1 aromatic heterocycles. The Morgan fingerprint density at radius 2 is 2.06 bits per heavy atom. The molecule has 1 heterocycles. The van der Waals surface area contributed by atoms with Crippen LogP contribution in [0.15, 0.2) is 18.3 Å². The Kier molecular flexibility index (Phi) is 4.25. The minimum atomic E-state index is -2.43. The molecule has 0 radical (unpaired) electrons. The number of pyridine rings is 1. The number of aromatic nitrogens is 1. The van der Waals surface area contributed by atoms with E-state index in [1.165, 1.54) is 13.3 Å². The van der Waals surface area contributed by atoms with Crippen molar-refractivity contribution in [3.05, 3.63) is 23.9 Å². The lowest BCUT2D eigenvalue weighted by Crippen LogP contribution is -2.15. The highest BCUT2D eigenvalue weighted by Crippen LogP contribution is 2.42. The van der Waals surface area contributed by atoms with Crippen molar-refractivity contribution < 1.29 is 14.1 Å². The van der Waals surface area contributed by atoms with Crippen molar-refractivity contribution in [1.82, 2.24) is 4.98 Å². The average Bonchev–Trinajstić information content (AvgIpc) is 2.37. The number of carbonyl (C=O) groups excluding carboxylic acids is 1. The highest BCUT2D eigenvalue weighted by atomic mass is 31.2. The molecule has 1 rings (SSSR count). The fourth-order valence-electron chi connectivity index (χ4n) is 1.43. The molecule has 0 saturated carbocycles. The zero-order valence-corrected chi connectivity index (χ0v) is 10.7. The Labute approximate surface area is 95.4 Å². The summed E-state index contributed by atoms with van der Waals surface area (Å²) in [5.41, 5.74) is 0.912. The summed E-state index contributed by atoms with van der Waals surface area (Å²) in [5, 5.41) is 0. The van der Waals surface area contributed by atoms with E-state index in [0.29, 0.717) is 23.3 Å². The molecule has 0 atom stereocenters. The van der Waals surface area contributed by atoms with Gasteiger partial charge in [-0.3, -0.25) is 4.98 Å². The molecule has 5 heteroatoms. The highest BCUT2D eigenvalue weighted by molar-refractivity contribution is 7.71. The fourth-order valence-corrected chi connectivity index (χ4v) is 3.18. The van der Waals surface area contributed by atoms with Crippen molar-refractivity contribution in [2.45, 2.75) is 13.8 Å². The third-order valence-corrected chi connectivity index (χ3v) is 5.73. The molecule has 0 saturated heterocycles. The first-order chi connectivity index (χ1) is 7.57. The minimum Gasteiger partial charge on any atom is -0.465 e. The number of methoxy groups -OCH3 is 1. The largest absolute Gasteiger partial charge is 0.465 e. The van der Waals surface area contributed by atoms with Crippen LogP contribution < -0.4 is 5.44 Å². The van der Waals surface area contributed by atoms with Gasteiger partial charge in [-0.25, -0.2) is 4.79 Å². The van der Waals surface area contributed by atoms with Gasteiger partial charge >= 0.3 is 5.97 Å². The van der Waals surface area contributed by atoms with Crippen LogP contribution in [-0.2, 0) is 9.30 Å². The van der Waals surface area contributed by atoms with Crippen LogP contribution in [0, 0.1) is 0 Å². The third kappa shape index (κ3) is 2.50. The van der Waals surface area contributed by atoms with Gasteiger partial charge in [0.05, 0.1) is 12.7 Å². The van der Waals surface area contributed by atoms with Gasteiger partial charge in [0.1, 0.15) is 12.6 Å². The number of ether oxygens (including phenoxy) is 1. The van der Waals surface area contributed by atoms with E-state index < -0.39 is 13.1 Å². The molecule has 0 unspecified atom stereocenters. The van der Waals surface area contributed by atoms with Crippen LogP contribution in [0.2, 0.25) is 0 Å². The number of hydrogen-bond acceptors (Lipinski definition) is 4. The molecule has 4 nitrogen and oxygen atoms in total. The summed E-state index contributed by atoms with van der Waals surface area (Å²) in [6, 6.07) is 3.13. The van der Waals surface area contributed by atoms with Gasteiger partial charge in [0.15, 0.2) is 0 Å². The summed E-state index contributed by atoms with van der Waals surface area (Å²) in [7, 11) is -1.11. The van der Waals surface area contributed by atoms with Crippen LogP contribution in [0.1, 0.15) is 24.2 Å². The zero-order chi connectivity index (χ0) is 12.2. The molecular weight excluding hydrogens is 225 g/mol. The molecule has 0 aliphatic heterocycles. The molecule has 0 aliphatic carbocycles. The first kappa shape index (κ1) is 12.9. The fraction of sp³-hybridized carbons (Fsp3) is 0.455. The van der Waals surface area contributed by atoms with Gasteiger partial charge in [0, 0.05) is 18.5 Å². The second kappa shape index (κ2) is 5.26. The summed E-state index contributed by atoms with van der Waals surface area (Å²) < 4.78 is 17.0. The summed E-state index contributed by atoms with van der Waals surface area (Å²) in [6.07, 6.45) is 2.61. The second-order valence-electron chi connectivity index (χ2n) is 3.42. The van der Waals surface area contributed by atoms with Crippen LogP contribution in [-0.4, -0.2) is 30.4 Å². The monoisotopic (exact) mass is 241 g/mol. The lowest BCUT2D eigenvalue weighted by molar-refractivity contribution is 0.0600. The van der Waals surface area contributed by atoms with Crippen LogP contribution in [0.25, 0.3) is 0 Å². The number of hydrogen-bond donors (Lipinski definition) is 0. The van der Waals surface area contributed by atoms with Crippen molar-refractivity contribution >= 4 is 18.5 Å². The summed E-state index contributed by atoms with van der Waals surface area (Å²) >= 11 is 0. The molecular formula is C11H16NO3P.